The van der Waals surface area contributed by atoms with Crippen LogP contribution >= 0.6 is 0 Å². The summed E-state index contributed by atoms with van der Waals surface area (Å²) in [4.78, 5) is 21.0. The Balaban J connectivity index is 2.70. The van der Waals surface area contributed by atoms with Crippen LogP contribution in [0.3, 0.4) is 0 Å². The van der Waals surface area contributed by atoms with Gasteiger partial charge in [-0.05, 0) is 0 Å². The lowest BCUT2D eigenvalue weighted by molar-refractivity contribution is -0.117. The zero-order valence-corrected chi connectivity index (χ0v) is 6.81. The monoisotopic (exact) mass is 189 g/mol. The molecule has 1 atom stereocenters. The number of nitrogens with two attached hydrogens (primary N) is 1. The van der Waals surface area contributed by atoms with Gasteiger partial charge >= 0.3 is 6.03 Å². The van der Waals surface area contributed by atoms with E-state index in [0.29, 0.717) is 0 Å². The topological polar surface area (TPSA) is 101 Å². The molecule has 0 saturated heterocycles. The number of rotatable bonds is 2. The third-order valence-electron chi connectivity index (χ3n) is 1.08. The molecular formula is C5H7N3O3S. The lowest BCUT2D eigenvalue weighted by Crippen LogP contribution is -2.40. The van der Waals surface area contributed by atoms with E-state index in [1.165, 1.54) is 5.41 Å². The van der Waals surface area contributed by atoms with Gasteiger partial charge in [0.05, 0.1) is 6.42 Å². The average molecular weight is 189 g/mol. The zero-order valence-electron chi connectivity index (χ0n) is 5.99. The van der Waals surface area contributed by atoms with Crippen molar-refractivity contribution in [3.63, 3.8) is 0 Å². The van der Waals surface area contributed by atoms with E-state index in [2.05, 4.69) is 10.0 Å². The van der Waals surface area contributed by atoms with Gasteiger partial charge in [-0.2, -0.15) is 0 Å². The van der Waals surface area contributed by atoms with Crippen LogP contribution in [0.25, 0.3) is 0 Å². The van der Waals surface area contributed by atoms with E-state index in [4.69, 9.17) is 5.73 Å². The van der Waals surface area contributed by atoms with Crippen LogP contribution in [0.1, 0.15) is 6.42 Å². The van der Waals surface area contributed by atoms with Crippen molar-refractivity contribution in [3.8, 4) is 0 Å². The number of amides is 3. The third kappa shape index (κ3) is 2.35. The van der Waals surface area contributed by atoms with Crippen molar-refractivity contribution in [2.24, 2.45) is 5.73 Å². The molecule has 12 heavy (non-hydrogen) atoms. The summed E-state index contributed by atoms with van der Waals surface area (Å²) in [7, 11) is -1.55. The highest BCUT2D eigenvalue weighted by Gasteiger charge is 2.15. The van der Waals surface area contributed by atoms with Gasteiger partial charge in [-0.1, -0.05) is 0 Å². The van der Waals surface area contributed by atoms with Crippen LogP contribution in [-0.4, -0.2) is 16.1 Å². The molecule has 0 aromatic rings. The summed E-state index contributed by atoms with van der Waals surface area (Å²) < 4.78 is 12.9. The van der Waals surface area contributed by atoms with Gasteiger partial charge in [0.15, 0.2) is 0 Å². The fraction of sp³-hybridized carbons (Fsp3) is 0.200. The Morgan fingerprint density at radius 1 is 1.67 bits per heavy atom. The standard InChI is InChI=1S/C5H7N3O3S/c6-4(9)1-3-2-12(11)8-5(10)7-3/h2H,1H2,(H2,6,9)(H2,7,8,10). The van der Waals surface area contributed by atoms with Gasteiger partial charge in [-0.3, -0.25) is 9.52 Å². The predicted octanol–water partition coefficient (Wildman–Crippen LogP) is -1.32. The van der Waals surface area contributed by atoms with Crippen molar-refractivity contribution >= 4 is 22.9 Å². The van der Waals surface area contributed by atoms with Crippen molar-refractivity contribution in [1.29, 1.82) is 0 Å². The molecule has 3 amide bonds. The van der Waals surface area contributed by atoms with Crippen LogP contribution in [0.4, 0.5) is 4.79 Å². The summed E-state index contributed by atoms with van der Waals surface area (Å²) in [5.41, 5.74) is 5.13. The van der Waals surface area contributed by atoms with Gasteiger partial charge < -0.3 is 11.1 Å². The Kier molecular flexibility index (Phi) is 2.44. The van der Waals surface area contributed by atoms with Gasteiger partial charge in [-0.25, -0.2) is 9.00 Å². The van der Waals surface area contributed by atoms with Crippen molar-refractivity contribution in [2.45, 2.75) is 6.42 Å². The predicted molar refractivity (Wildman–Crippen MR) is 41.7 cm³/mol. The molecule has 1 unspecified atom stereocenters. The minimum atomic E-state index is -1.55. The number of urea groups is 1. The van der Waals surface area contributed by atoms with E-state index in [9.17, 15) is 13.8 Å². The van der Waals surface area contributed by atoms with Gasteiger partial charge in [0.1, 0.15) is 11.0 Å². The highest BCUT2D eigenvalue weighted by molar-refractivity contribution is 7.86. The largest absolute Gasteiger partial charge is 0.369 e. The Hall–Kier alpha value is -1.37. The molecule has 6 nitrogen and oxygen atoms in total. The zero-order chi connectivity index (χ0) is 9.14. The van der Waals surface area contributed by atoms with E-state index in [1.54, 1.807) is 0 Å². The highest BCUT2D eigenvalue weighted by atomic mass is 32.2. The van der Waals surface area contributed by atoms with E-state index < -0.39 is 22.9 Å². The van der Waals surface area contributed by atoms with Crippen molar-refractivity contribution in [1.82, 2.24) is 10.0 Å². The number of carbonyl (C=O) groups is 2. The highest BCUT2D eigenvalue weighted by Crippen LogP contribution is 2.01. The molecule has 0 fully saturated rings. The Labute approximate surface area is 70.8 Å². The van der Waals surface area contributed by atoms with Crippen molar-refractivity contribution < 1.29 is 13.8 Å². The fourth-order valence-electron chi connectivity index (χ4n) is 0.724. The van der Waals surface area contributed by atoms with E-state index >= 15 is 0 Å². The summed E-state index contributed by atoms with van der Waals surface area (Å²) in [6.45, 7) is 0. The summed E-state index contributed by atoms with van der Waals surface area (Å²) in [6.07, 6.45) is -0.112. The van der Waals surface area contributed by atoms with Gasteiger partial charge in [-0.15, -0.1) is 0 Å². The summed E-state index contributed by atoms with van der Waals surface area (Å²) >= 11 is 0. The molecule has 0 aromatic carbocycles. The Morgan fingerprint density at radius 2 is 2.33 bits per heavy atom. The molecule has 0 bridgehead atoms. The van der Waals surface area contributed by atoms with Crippen molar-refractivity contribution in [3.05, 3.63) is 11.1 Å². The van der Waals surface area contributed by atoms with Crippen LogP contribution in [-0.2, 0) is 15.8 Å². The van der Waals surface area contributed by atoms with Crippen LogP contribution < -0.4 is 15.8 Å². The molecule has 0 saturated carbocycles. The third-order valence-corrected chi connectivity index (χ3v) is 1.97. The number of hydrogen-bond acceptors (Lipinski definition) is 3. The number of primary amides is 1. The number of nitrogens with one attached hydrogen (secondary N) is 2. The lowest BCUT2D eigenvalue weighted by atomic mass is 10.3. The maximum atomic E-state index is 10.8. The van der Waals surface area contributed by atoms with E-state index in [-0.39, 0.29) is 12.1 Å². The number of hydrogen-bond donors (Lipinski definition) is 3. The molecule has 1 aliphatic rings. The maximum absolute atomic E-state index is 10.8. The molecule has 1 heterocycles. The second-order valence-corrected chi connectivity index (χ2v) is 3.17. The first-order valence-corrected chi connectivity index (χ1v) is 4.26. The van der Waals surface area contributed by atoms with Crippen LogP contribution in [0.2, 0.25) is 0 Å². The first-order chi connectivity index (χ1) is 5.58. The molecule has 4 N–H and O–H groups in total. The molecule has 0 spiro atoms. The SMILES string of the molecule is NC(=O)CC1=CS(=O)NC(=O)N1. The molecule has 0 radical (unpaired) electrons. The normalized spacial score (nSPS) is 22.2. The molecule has 1 rings (SSSR count). The second kappa shape index (κ2) is 3.35. The van der Waals surface area contributed by atoms with Crippen LogP contribution in [0, 0.1) is 0 Å². The lowest BCUT2D eigenvalue weighted by Gasteiger charge is -2.13. The molecule has 0 aliphatic carbocycles. The molecule has 1 aliphatic heterocycles. The van der Waals surface area contributed by atoms with E-state index in [1.807, 2.05) is 0 Å². The molecule has 66 valence electrons. The summed E-state index contributed by atoms with van der Waals surface area (Å²) in [5, 5.41) is 3.52. The second-order valence-electron chi connectivity index (χ2n) is 2.14. The summed E-state index contributed by atoms with van der Waals surface area (Å²) in [6, 6.07) is -0.591. The average Bonchev–Trinajstić information content (AvgIpc) is 1.81. The number of carbonyl (C=O) groups excluding carboxylic acids is 2. The van der Waals surface area contributed by atoms with E-state index in [0.717, 1.165) is 0 Å². The van der Waals surface area contributed by atoms with Crippen molar-refractivity contribution in [2.75, 3.05) is 0 Å². The maximum Gasteiger partial charge on any atom is 0.331 e. The van der Waals surface area contributed by atoms with Crippen LogP contribution in [0.15, 0.2) is 11.1 Å². The fourth-order valence-corrected chi connectivity index (χ4v) is 1.42. The Bertz CT molecular complexity index is 286. The van der Waals surface area contributed by atoms with Gasteiger partial charge in [0.25, 0.3) is 0 Å². The minimum absolute atomic E-state index is 0.112. The van der Waals surface area contributed by atoms with Crippen LogP contribution in [0.5, 0.6) is 0 Å². The minimum Gasteiger partial charge on any atom is -0.369 e. The molecule has 7 heteroatoms. The smallest absolute Gasteiger partial charge is 0.331 e. The quantitative estimate of drug-likeness (QED) is 0.502. The van der Waals surface area contributed by atoms with Gasteiger partial charge in [0.2, 0.25) is 5.91 Å². The van der Waals surface area contributed by atoms with Gasteiger partial charge in [0, 0.05) is 11.1 Å². The Morgan fingerprint density at radius 3 is 2.83 bits per heavy atom. The molecule has 0 aromatic heterocycles. The first kappa shape index (κ1) is 8.72. The summed E-state index contributed by atoms with van der Waals surface area (Å²) in [5.74, 6) is -0.583. The molecular weight excluding hydrogens is 182 g/mol. The first-order valence-electron chi connectivity index (χ1n) is 3.05.